The molecule has 1 amide bonds. The summed E-state index contributed by atoms with van der Waals surface area (Å²) in [5.74, 6) is -0.443. The predicted octanol–water partition coefficient (Wildman–Crippen LogP) is 1.38. The molecule has 0 spiro atoms. The van der Waals surface area contributed by atoms with Crippen molar-refractivity contribution in [3.05, 3.63) is 30.1 Å². The lowest BCUT2D eigenvalue weighted by Crippen LogP contribution is -2.53. The molecule has 1 aromatic heterocycles. The third-order valence-corrected chi connectivity index (χ3v) is 3.21. The van der Waals surface area contributed by atoms with Crippen LogP contribution in [0.4, 0.5) is 0 Å². The van der Waals surface area contributed by atoms with E-state index in [1.165, 1.54) is 0 Å². The summed E-state index contributed by atoms with van der Waals surface area (Å²) in [6.45, 7) is 0.988. The number of primary amides is 1. The molecule has 0 saturated carbocycles. The highest BCUT2D eigenvalue weighted by molar-refractivity contribution is 5.85. The van der Waals surface area contributed by atoms with Crippen molar-refractivity contribution >= 4 is 30.7 Å². The topological polar surface area (TPSA) is 85.2 Å². The summed E-state index contributed by atoms with van der Waals surface area (Å²) in [6, 6.07) is 3.75. The van der Waals surface area contributed by atoms with Crippen LogP contribution in [0.5, 0.6) is 0 Å². The van der Waals surface area contributed by atoms with Crippen molar-refractivity contribution < 1.29 is 4.79 Å². The van der Waals surface area contributed by atoms with E-state index in [9.17, 15) is 4.79 Å². The number of carbonyl (C=O) groups is 1. The van der Waals surface area contributed by atoms with Gasteiger partial charge in [-0.25, -0.2) is 0 Å². The van der Waals surface area contributed by atoms with Gasteiger partial charge in [0.15, 0.2) is 0 Å². The normalized spacial score (nSPS) is 13.0. The lowest BCUT2D eigenvalue weighted by Gasteiger charge is -2.26. The second-order valence-corrected chi connectivity index (χ2v) is 5.32. The van der Waals surface area contributed by atoms with Gasteiger partial charge < -0.3 is 16.4 Å². The molecule has 0 aliphatic heterocycles. The molecule has 0 fully saturated rings. The fourth-order valence-electron chi connectivity index (χ4n) is 2.03. The Morgan fingerprint density at radius 3 is 2.48 bits per heavy atom. The number of nitrogens with two attached hydrogens (primary N) is 2. The zero-order valence-corrected chi connectivity index (χ0v) is 14.3. The van der Waals surface area contributed by atoms with Crippen molar-refractivity contribution in [1.29, 1.82) is 0 Å². The molecule has 21 heavy (non-hydrogen) atoms. The summed E-state index contributed by atoms with van der Waals surface area (Å²) in [7, 11) is 4.05. The summed E-state index contributed by atoms with van der Waals surface area (Å²) in [6.07, 6.45) is 6.36. The van der Waals surface area contributed by atoms with E-state index < -0.39 is 11.4 Å². The van der Waals surface area contributed by atoms with Gasteiger partial charge in [-0.3, -0.25) is 9.78 Å². The minimum absolute atomic E-state index is 0. The minimum atomic E-state index is -0.977. The second-order valence-electron chi connectivity index (χ2n) is 5.32. The first-order valence-electron chi connectivity index (χ1n) is 6.56. The van der Waals surface area contributed by atoms with Crippen molar-refractivity contribution in [2.24, 2.45) is 11.5 Å². The summed E-state index contributed by atoms with van der Waals surface area (Å²) in [4.78, 5) is 17.8. The second kappa shape index (κ2) is 10.8. The van der Waals surface area contributed by atoms with Crippen molar-refractivity contribution in [1.82, 2.24) is 9.88 Å². The van der Waals surface area contributed by atoms with Gasteiger partial charge in [0.1, 0.15) is 0 Å². The van der Waals surface area contributed by atoms with E-state index >= 15 is 0 Å². The number of halogens is 2. The first-order valence-corrected chi connectivity index (χ1v) is 6.56. The molecular formula is C14H26Cl2N4O. The van der Waals surface area contributed by atoms with Crippen LogP contribution in [0.1, 0.15) is 24.8 Å². The fourth-order valence-corrected chi connectivity index (χ4v) is 2.03. The number of carbonyl (C=O) groups excluding carboxylic acids is 1. The number of unbranched alkanes of at least 4 members (excludes halogenated alkanes) is 1. The number of rotatable bonds is 8. The van der Waals surface area contributed by atoms with E-state index in [0.717, 1.165) is 24.9 Å². The zero-order chi connectivity index (χ0) is 14.3. The fraction of sp³-hybridized carbons (Fsp3) is 0.571. The monoisotopic (exact) mass is 336 g/mol. The van der Waals surface area contributed by atoms with Gasteiger partial charge in [0, 0.05) is 18.8 Å². The molecule has 1 atom stereocenters. The molecule has 0 aromatic carbocycles. The first-order chi connectivity index (χ1) is 8.94. The number of hydrogen-bond donors (Lipinski definition) is 2. The smallest absolute Gasteiger partial charge is 0.237 e. The maximum atomic E-state index is 11.6. The molecule has 1 unspecified atom stereocenters. The van der Waals surface area contributed by atoms with E-state index in [-0.39, 0.29) is 24.8 Å². The average Bonchev–Trinajstić information content (AvgIpc) is 2.35. The highest BCUT2D eigenvalue weighted by Crippen LogP contribution is 2.17. The predicted molar refractivity (Wildman–Crippen MR) is 91.0 cm³/mol. The molecule has 122 valence electrons. The lowest BCUT2D eigenvalue weighted by molar-refractivity contribution is -0.123. The van der Waals surface area contributed by atoms with E-state index in [0.29, 0.717) is 12.8 Å². The summed E-state index contributed by atoms with van der Waals surface area (Å²) >= 11 is 0. The van der Waals surface area contributed by atoms with Crippen molar-refractivity contribution in [2.45, 2.75) is 31.2 Å². The van der Waals surface area contributed by atoms with Crippen LogP contribution in [0.25, 0.3) is 0 Å². The quantitative estimate of drug-likeness (QED) is 0.702. The van der Waals surface area contributed by atoms with Gasteiger partial charge in [0.2, 0.25) is 5.91 Å². The Balaban J connectivity index is 0. The molecule has 7 heteroatoms. The summed E-state index contributed by atoms with van der Waals surface area (Å²) in [5, 5.41) is 0. The Labute approximate surface area is 139 Å². The third-order valence-electron chi connectivity index (χ3n) is 3.21. The average molecular weight is 337 g/mol. The Kier molecular flexibility index (Phi) is 11.5. The van der Waals surface area contributed by atoms with Crippen LogP contribution in [0.2, 0.25) is 0 Å². The van der Waals surface area contributed by atoms with E-state index in [1.807, 2.05) is 26.2 Å². The van der Waals surface area contributed by atoms with Gasteiger partial charge in [-0.1, -0.05) is 6.07 Å². The first kappa shape index (κ1) is 22.4. The van der Waals surface area contributed by atoms with Crippen molar-refractivity contribution in [3.8, 4) is 0 Å². The van der Waals surface area contributed by atoms with Gasteiger partial charge in [0.25, 0.3) is 0 Å². The number of nitrogens with zero attached hydrogens (tertiary/aromatic N) is 2. The third kappa shape index (κ3) is 8.21. The molecule has 0 aliphatic rings. The highest BCUT2D eigenvalue weighted by atomic mass is 35.5. The SMILES string of the molecule is CN(C)CCCCC(N)(Cc1cccnc1)C(N)=O.Cl.Cl. The molecule has 0 bridgehead atoms. The Bertz CT molecular complexity index is 403. The Hall–Kier alpha value is -0.880. The molecular weight excluding hydrogens is 311 g/mol. The van der Waals surface area contributed by atoms with E-state index in [1.54, 1.807) is 12.4 Å². The summed E-state index contributed by atoms with van der Waals surface area (Å²) < 4.78 is 0. The molecule has 0 aliphatic carbocycles. The number of pyridine rings is 1. The van der Waals surface area contributed by atoms with Crippen molar-refractivity contribution in [3.63, 3.8) is 0 Å². The molecule has 1 heterocycles. The van der Waals surface area contributed by atoms with Gasteiger partial charge >= 0.3 is 0 Å². The highest BCUT2D eigenvalue weighted by Gasteiger charge is 2.31. The number of aromatic nitrogens is 1. The van der Waals surface area contributed by atoms with Gasteiger partial charge in [0.05, 0.1) is 5.54 Å². The van der Waals surface area contributed by atoms with Gasteiger partial charge in [-0.2, -0.15) is 0 Å². The molecule has 1 aromatic rings. The van der Waals surface area contributed by atoms with Crippen LogP contribution >= 0.6 is 24.8 Å². The number of hydrogen-bond acceptors (Lipinski definition) is 4. The zero-order valence-electron chi connectivity index (χ0n) is 12.6. The Morgan fingerprint density at radius 2 is 2.00 bits per heavy atom. The van der Waals surface area contributed by atoms with Crippen LogP contribution in [0.3, 0.4) is 0 Å². The van der Waals surface area contributed by atoms with E-state index in [2.05, 4.69) is 9.88 Å². The standard InChI is InChI=1S/C14H24N4O.2ClH/c1-18(2)9-4-3-7-14(16,13(15)19)10-12-6-5-8-17-11-12;;/h5-6,8,11H,3-4,7,9-10,16H2,1-2H3,(H2,15,19);2*1H. The van der Waals surface area contributed by atoms with Crippen LogP contribution in [0.15, 0.2) is 24.5 Å². The summed E-state index contributed by atoms with van der Waals surface area (Å²) in [5.41, 5.74) is 11.6. The van der Waals surface area contributed by atoms with Crippen molar-refractivity contribution in [2.75, 3.05) is 20.6 Å². The maximum absolute atomic E-state index is 11.6. The molecule has 0 saturated heterocycles. The largest absolute Gasteiger partial charge is 0.368 e. The maximum Gasteiger partial charge on any atom is 0.237 e. The van der Waals surface area contributed by atoms with E-state index in [4.69, 9.17) is 11.5 Å². The van der Waals surface area contributed by atoms with Crippen LogP contribution in [-0.2, 0) is 11.2 Å². The van der Waals surface area contributed by atoms with Crippen LogP contribution in [-0.4, -0.2) is 42.0 Å². The van der Waals surface area contributed by atoms with Gasteiger partial charge in [-0.05, 0) is 51.5 Å². The molecule has 5 nitrogen and oxygen atoms in total. The van der Waals surface area contributed by atoms with Gasteiger partial charge in [-0.15, -0.1) is 24.8 Å². The molecule has 4 N–H and O–H groups in total. The van der Waals surface area contributed by atoms with Crippen LogP contribution < -0.4 is 11.5 Å². The molecule has 0 radical (unpaired) electrons. The lowest BCUT2D eigenvalue weighted by atomic mass is 9.86. The minimum Gasteiger partial charge on any atom is -0.368 e. The number of amides is 1. The Morgan fingerprint density at radius 1 is 1.33 bits per heavy atom. The van der Waals surface area contributed by atoms with Crippen LogP contribution in [0, 0.1) is 0 Å². The molecule has 1 rings (SSSR count).